The number of halogens is 3. The van der Waals surface area contributed by atoms with Crippen LogP contribution in [0.4, 0.5) is 0 Å². The van der Waals surface area contributed by atoms with E-state index in [2.05, 4.69) is 5.32 Å². The van der Waals surface area contributed by atoms with Gasteiger partial charge in [-0.15, -0.1) is 11.8 Å². The molecule has 0 unspecified atom stereocenters. The van der Waals surface area contributed by atoms with Crippen LogP contribution in [0.1, 0.15) is 21.5 Å². The van der Waals surface area contributed by atoms with Gasteiger partial charge in [0.25, 0.3) is 5.91 Å². The van der Waals surface area contributed by atoms with Crippen LogP contribution in [0.2, 0.25) is 15.1 Å². The van der Waals surface area contributed by atoms with Crippen LogP contribution in [-0.2, 0) is 11.5 Å². The summed E-state index contributed by atoms with van der Waals surface area (Å²) >= 11 is 21.5. The standard InChI is InChI=1S/C23H20Cl3NOS2/c24-19-7-9-21(10-8-19)30-14-16-1-3-17(4-2-16)23(28)27-11-12-29-15-18-5-6-20(25)13-22(18)26/h1-10,13H,11-12,14-15H2,(H,27,28). The molecule has 3 aromatic rings. The lowest BCUT2D eigenvalue weighted by Gasteiger charge is -2.08. The maximum absolute atomic E-state index is 12.3. The van der Waals surface area contributed by atoms with E-state index < -0.39 is 0 Å². The Kier molecular flexibility index (Phi) is 9.28. The molecule has 156 valence electrons. The van der Waals surface area contributed by atoms with E-state index >= 15 is 0 Å². The van der Waals surface area contributed by atoms with Gasteiger partial charge in [-0.1, -0.05) is 53.0 Å². The van der Waals surface area contributed by atoms with Crippen molar-refractivity contribution < 1.29 is 4.79 Å². The lowest BCUT2D eigenvalue weighted by molar-refractivity contribution is 0.0956. The number of hydrogen-bond donors (Lipinski definition) is 1. The fourth-order valence-corrected chi connectivity index (χ4v) is 5.01. The summed E-state index contributed by atoms with van der Waals surface area (Å²) in [6.07, 6.45) is 0. The molecule has 0 fully saturated rings. The molecule has 0 heterocycles. The first kappa shape index (κ1) is 23.4. The van der Waals surface area contributed by atoms with Crippen LogP contribution in [-0.4, -0.2) is 18.2 Å². The van der Waals surface area contributed by atoms with E-state index in [1.54, 1.807) is 29.6 Å². The minimum absolute atomic E-state index is 0.0583. The van der Waals surface area contributed by atoms with Crippen molar-refractivity contribution in [1.29, 1.82) is 0 Å². The summed E-state index contributed by atoms with van der Waals surface area (Å²) in [5.74, 6) is 2.37. The molecule has 7 heteroatoms. The lowest BCUT2D eigenvalue weighted by Crippen LogP contribution is -2.25. The van der Waals surface area contributed by atoms with Gasteiger partial charge in [0.2, 0.25) is 0 Å². The average Bonchev–Trinajstić information content (AvgIpc) is 2.74. The Morgan fingerprint density at radius 3 is 2.23 bits per heavy atom. The van der Waals surface area contributed by atoms with Gasteiger partial charge in [-0.25, -0.2) is 0 Å². The van der Waals surface area contributed by atoms with Gasteiger partial charge in [0.05, 0.1) is 0 Å². The molecule has 0 bridgehead atoms. The molecule has 2 nitrogen and oxygen atoms in total. The van der Waals surface area contributed by atoms with Crippen molar-refractivity contribution in [2.24, 2.45) is 0 Å². The second-order valence-corrected chi connectivity index (χ2v) is 9.92. The maximum Gasteiger partial charge on any atom is 0.251 e. The third-order valence-electron chi connectivity index (χ3n) is 4.24. The highest BCUT2D eigenvalue weighted by Crippen LogP contribution is 2.25. The van der Waals surface area contributed by atoms with Gasteiger partial charge in [0.1, 0.15) is 0 Å². The van der Waals surface area contributed by atoms with E-state index in [1.165, 1.54) is 10.5 Å². The van der Waals surface area contributed by atoms with Crippen LogP contribution in [0.3, 0.4) is 0 Å². The minimum Gasteiger partial charge on any atom is -0.351 e. The van der Waals surface area contributed by atoms with Crippen molar-refractivity contribution in [3.63, 3.8) is 0 Å². The first-order chi connectivity index (χ1) is 14.5. The summed E-state index contributed by atoms with van der Waals surface area (Å²) in [5.41, 5.74) is 2.88. The number of nitrogens with one attached hydrogen (secondary N) is 1. The van der Waals surface area contributed by atoms with E-state index in [0.717, 1.165) is 27.8 Å². The third-order valence-corrected chi connectivity index (χ3v) is 7.17. The Morgan fingerprint density at radius 1 is 0.833 bits per heavy atom. The number of thioether (sulfide) groups is 2. The Labute approximate surface area is 200 Å². The average molecular weight is 497 g/mol. The molecule has 0 saturated heterocycles. The molecular weight excluding hydrogens is 477 g/mol. The van der Waals surface area contributed by atoms with Crippen molar-refractivity contribution in [1.82, 2.24) is 5.32 Å². The molecule has 3 aromatic carbocycles. The Balaban J connectivity index is 1.38. The number of carbonyl (C=O) groups is 1. The van der Waals surface area contributed by atoms with E-state index in [9.17, 15) is 4.79 Å². The minimum atomic E-state index is -0.0583. The monoisotopic (exact) mass is 495 g/mol. The highest BCUT2D eigenvalue weighted by molar-refractivity contribution is 7.98. The van der Waals surface area contributed by atoms with E-state index in [-0.39, 0.29) is 5.91 Å². The summed E-state index contributed by atoms with van der Waals surface area (Å²) in [6, 6.07) is 21.0. The fourth-order valence-electron chi connectivity index (χ4n) is 2.61. The van der Waals surface area contributed by atoms with Crippen molar-refractivity contribution >= 4 is 64.2 Å². The normalized spacial score (nSPS) is 10.8. The predicted octanol–water partition coefficient (Wildman–Crippen LogP) is 7.60. The quantitative estimate of drug-likeness (QED) is 0.244. The van der Waals surface area contributed by atoms with E-state index in [4.69, 9.17) is 34.8 Å². The molecule has 0 aliphatic rings. The van der Waals surface area contributed by atoms with Crippen LogP contribution >= 0.6 is 58.3 Å². The number of rotatable bonds is 9. The van der Waals surface area contributed by atoms with Gasteiger partial charge in [-0.3, -0.25) is 4.79 Å². The number of benzene rings is 3. The Hall–Kier alpha value is -1.30. The zero-order chi connectivity index (χ0) is 21.3. The molecular formula is C23H20Cl3NOS2. The second-order valence-electron chi connectivity index (χ2n) is 6.48. The highest BCUT2D eigenvalue weighted by Gasteiger charge is 2.06. The largest absolute Gasteiger partial charge is 0.351 e. The molecule has 0 aliphatic heterocycles. The first-order valence-corrected chi connectivity index (χ1v) is 12.6. The van der Waals surface area contributed by atoms with Gasteiger partial charge in [-0.05, 0) is 59.7 Å². The number of amides is 1. The zero-order valence-corrected chi connectivity index (χ0v) is 19.9. The molecule has 0 saturated carbocycles. The van der Waals surface area contributed by atoms with Crippen molar-refractivity contribution in [2.45, 2.75) is 16.4 Å². The summed E-state index contributed by atoms with van der Waals surface area (Å²) in [4.78, 5) is 13.5. The Bertz CT molecular complexity index is 979. The van der Waals surface area contributed by atoms with Crippen LogP contribution in [0.5, 0.6) is 0 Å². The van der Waals surface area contributed by atoms with E-state index in [0.29, 0.717) is 22.2 Å². The molecule has 0 aliphatic carbocycles. The van der Waals surface area contributed by atoms with Gasteiger partial charge < -0.3 is 5.32 Å². The van der Waals surface area contributed by atoms with Crippen molar-refractivity contribution in [3.05, 3.63) is 98.5 Å². The highest BCUT2D eigenvalue weighted by atomic mass is 35.5. The molecule has 30 heavy (non-hydrogen) atoms. The first-order valence-electron chi connectivity index (χ1n) is 9.28. The Morgan fingerprint density at radius 2 is 1.53 bits per heavy atom. The van der Waals surface area contributed by atoms with E-state index in [1.807, 2.05) is 60.7 Å². The molecule has 3 rings (SSSR count). The smallest absolute Gasteiger partial charge is 0.251 e. The van der Waals surface area contributed by atoms with Gasteiger partial charge >= 0.3 is 0 Å². The summed E-state index contributed by atoms with van der Waals surface area (Å²) < 4.78 is 0. The van der Waals surface area contributed by atoms with Crippen molar-refractivity contribution in [2.75, 3.05) is 12.3 Å². The maximum atomic E-state index is 12.3. The topological polar surface area (TPSA) is 29.1 Å². The SMILES string of the molecule is O=C(NCCSCc1ccc(Cl)cc1Cl)c1ccc(CSc2ccc(Cl)cc2)cc1. The van der Waals surface area contributed by atoms with Gasteiger partial charge in [0.15, 0.2) is 0 Å². The fraction of sp³-hybridized carbons (Fsp3) is 0.174. The predicted molar refractivity (Wildman–Crippen MR) is 132 cm³/mol. The molecule has 0 spiro atoms. The van der Waals surface area contributed by atoms with Gasteiger partial charge in [-0.2, -0.15) is 11.8 Å². The lowest BCUT2D eigenvalue weighted by atomic mass is 10.1. The van der Waals surface area contributed by atoms with Crippen LogP contribution in [0.15, 0.2) is 71.6 Å². The van der Waals surface area contributed by atoms with Crippen molar-refractivity contribution in [3.8, 4) is 0 Å². The van der Waals surface area contributed by atoms with Gasteiger partial charge in [0, 0.05) is 49.3 Å². The third kappa shape index (κ3) is 7.44. The molecule has 1 N–H and O–H groups in total. The van der Waals surface area contributed by atoms with Crippen LogP contribution < -0.4 is 5.32 Å². The molecule has 0 atom stereocenters. The van der Waals surface area contributed by atoms with Crippen LogP contribution in [0.25, 0.3) is 0 Å². The summed E-state index contributed by atoms with van der Waals surface area (Å²) in [5, 5.41) is 5.01. The number of hydrogen-bond acceptors (Lipinski definition) is 3. The molecule has 0 radical (unpaired) electrons. The van der Waals surface area contributed by atoms with Crippen LogP contribution in [0, 0.1) is 0 Å². The molecule has 0 aromatic heterocycles. The zero-order valence-electron chi connectivity index (χ0n) is 16.0. The second kappa shape index (κ2) is 11.9. The summed E-state index contributed by atoms with van der Waals surface area (Å²) in [6.45, 7) is 0.600. The molecule has 1 amide bonds. The summed E-state index contributed by atoms with van der Waals surface area (Å²) in [7, 11) is 0. The number of carbonyl (C=O) groups excluding carboxylic acids is 1.